The molecule has 2 fully saturated rings. The van der Waals surface area contributed by atoms with Gasteiger partial charge in [-0.15, -0.1) is 0 Å². The first-order chi connectivity index (χ1) is 16.5. The van der Waals surface area contributed by atoms with Crippen LogP contribution in [0, 0.1) is 11.8 Å². The summed E-state index contributed by atoms with van der Waals surface area (Å²) in [5.74, 6) is 2.03. The molecule has 2 heterocycles. The number of hydrogen-bond donors (Lipinski definition) is 0. The van der Waals surface area contributed by atoms with Crippen molar-refractivity contribution in [2.75, 3.05) is 27.2 Å². The Morgan fingerprint density at radius 2 is 1.88 bits per heavy atom. The first-order valence-electron chi connectivity index (χ1n) is 12.6. The van der Waals surface area contributed by atoms with Crippen LogP contribution in [0.1, 0.15) is 60.9 Å². The second-order valence-electron chi connectivity index (χ2n) is 9.85. The zero-order chi connectivity index (χ0) is 23.9. The Balaban J connectivity index is 1.46. The molecule has 1 aliphatic carbocycles. The molecule has 1 saturated heterocycles. The van der Waals surface area contributed by atoms with Crippen LogP contribution in [0.4, 0.5) is 0 Å². The highest BCUT2D eigenvalue weighted by atomic mass is 16.5. The van der Waals surface area contributed by atoms with Crippen molar-refractivity contribution in [1.29, 1.82) is 0 Å². The van der Waals surface area contributed by atoms with Crippen molar-refractivity contribution in [2.45, 2.75) is 57.4 Å². The molecule has 2 aliphatic rings. The summed E-state index contributed by atoms with van der Waals surface area (Å²) in [4.78, 5) is 34.2. The molecule has 34 heavy (non-hydrogen) atoms. The van der Waals surface area contributed by atoms with Crippen LogP contribution in [-0.4, -0.2) is 59.9 Å². The summed E-state index contributed by atoms with van der Waals surface area (Å²) >= 11 is 0. The number of piperidine rings is 1. The third-order valence-electron chi connectivity index (χ3n) is 7.68. The molecule has 4 rings (SSSR count). The molecule has 1 saturated carbocycles. The SMILES string of the molecule is COc1cccc(C[C@@H](C2CCN(C(=O)CC3CCCC3)CC2)N(C)C(=O)c2cccnc2)c1. The molecule has 0 bridgehead atoms. The second-order valence-corrected chi connectivity index (χ2v) is 9.85. The van der Waals surface area contributed by atoms with Crippen LogP contribution in [0.5, 0.6) is 5.75 Å². The minimum absolute atomic E-state index is 0.0132. The number of carbonyl (C=O) groups excluding carboxylic acids is 2. The number of ether oxygens (including phenoxy) is 1. The van der Waals surface area contributed by atoms with Crippen molar-refractivity contribution in [1.82, 2.24) is 14.8 Å². The molecule has 182 valence electrons. The molecule has 1 atom stereocenters. The topological polar surface area (TPSA) is 62.7 Å². The minimum atomic E-state index is -0.0132. The molecule has 0 radical (unpaired) electrons. The number of likely N-dealkylation sites (tertiary alicyclic amines) is 1. The fraction of sp³-hybridized carbons (Fsp3) is 0.536. The number of rotatable bonds is 8. The van der Waals surface area contributed by atoms with Crippen LogP contribution in [0.2, 0.25) is 0 Å². The summed E-state index contributed by atoms with van der Waals surface area (Å²) in [6, 6.07) is 11.7. The molecule has 1 aliphatic heterocycles. The van der Waals surface area contributed by atoms with Crippen molar-refractivity contribution < 1.29 is 14.3 Å². The summed E-state index contributed by atoms with van der Waals surface area (Å²) in [7, 11) is 3.57. The van der Waals surface area contributed by atoms with Crippen LogP contribution < -0.4 is 4.74 Å². The van der Waals surface area contributed by atoms with Crippen molar-refractivity contribution in [3.63, 3.8) is 0 Å². The number of hydrogen-bond acceptors (Lipinski definition) is 4. The normalized spacial score (nSPS) is 18.0. The molecule has 2 aromatic rings. The van der Waals surface area contributed by atoms with Gasteiger partial charge in [0.25, 0.3) is 5.91 Å². The number of aromatic nitrogens is 1. The predicted octanol–water partition coefficient (Wildman–Crippen LogP) is 4.59. The van der Waals surface area contributed by atoms with E-state index in [4.69, 9.17) is 4.74 Å². The van der Waals surface area contributed by atoms with E-state index in [0.717, 1.165) is 43.7 Å². The van der Waals surface area contributed by atoms with Gasteiger partial charge in [-0.3, -0.25) is 14.6 Å². The number of pyridine rings is 1. The molecule has 1 aromatic carbocycles. The molecule has 6 heteroatoms. The van der Waals surface area contributed by atoms with Crippen molar-refractivity contribution in [3.05, 3.63) is 59.9 Å². The second kappa shape index (κ2) is 11.5. The number of likely N-dealkylation sites (N-methyl/N-ethyl adjacent to an activating group) is 1. The van der Waals surface area contributed by atoms with Crippen molar-refractivity contribution >= 4 is 11.8 Å². The smallest absolute Gasteiger partial charge is 0.255 e. The van der Waals surface area contributed by atoms with E-state index in [1.807, 2.05) is 30.1 Å². The van der Waals surface area contributed by atoms with E-state index in [1.165, 1.54) is 25.7 Å². The van der Waals surface area contributed by atoms with Crippen LogP contribution in [0.25, 0.3) is 0 Å². The Kier molecular flexibility index (Phi) is 8.20. The molecule has 0 unspecified atom stereocenters. The molecular weight excluding hydrogens is 426 g/mol. The summed E-state index contributed by atoms with van der Waals surface area (Å²) < 4.78 is 5.42. The zero-order valence-corrected chi connectivity index (χ0v) is 20.5. The Morgan fingerprint density at radius 1 is 1.12 bits per heavy atom. The molecule has 0 spiro atoms. The van der Waals surface area contributed by atoms with Gasteiger partial charge in [0.2, 0.25) is 5.91 Å². The van der Waals surface area contributed by atoms with Gasteiger partial charge in [0.1, 0.15) is 5.75 Å². The number of nitrogens with zero attached hydrogens (tertiary/aromatic N) is 3. The summed E-state index contributed by atoms with van der Waals surface area (Å²) in [5, 5.41) is 0. The maximum absolute atomic E-state index is 13.3. The quantitative estimate of drug-likeness (QED) is 0.574. The number of amides is 2. The van der Waals surface area contributed by atoms with Crippen LogP contribution in [-0.2, 0) is 11.2 Å². The molecule has 0 N–H and O–H groups in total. The van der Waals surface area contributed by atoms with Crippen LogP contribution >= 0.6 is 0 Å². The van der Waals surface area contributed by atoms with E-state index < -0.39 is 0 Å². The van der Waals surface area contributed by atoms with E-state index in [9.17, 15) is 9.59 Å². The molecule has 1 aromatic heterocycles. The van der Waals surface area contributed by atoms with Gasteiger partial charge in [0.15, 0.2) is 0 Å². The average Bonchev–Trinajstić information content (AvgIpc) is 3.40. The lowest BCUT2D eigenvalue weighted by Gasteiger charge is -2.40. The number of methoxy groups -OCH3 is 1. The zero-order valence-electron chi connectivity index (χ0n) is 20.5. The largest absolute Gasteiger partial charge is 0.497 e. The van der Waals surface area contributed by atoms with Crippen molar-refractivity contribution in [3.8, 4) is 5.75 Å². The fourth-order valence-electron chi connectivity index (χ4n) is 5.63. The van der Waals surface area contributed by atoms with Gasteiger partial charge in [-0.05, 0) is 73.8 Å². The van der Waals surface area contributed by atoms with E-state index in [2.05, 4.69) is 22.0 Å². The van der Waals surface area contributed by atoms with E-state index in [1.54, 1.807) is 25.6 Å². The number of carbonyl (C=O) groups is 2. The summed E-state index contributed by atoms with van der Waals surface area (Å²) in [5.41, 5.74) is 1.75. The van der Waals surface area contributed by atoms with Gasteiger partial charge in [0.05, 0.1) is 12.7 Å². The monoisotopic (exact) mass is 463 g/mol. The lowest BCUT2D eigenvalue weighted by molar-refractivity contribution is -0.133. The third kappa shape index (κ3) is 5.96. The molecule has 6 nitrogen and oxygen atoms in total. The van der Waals surface area contributed by atoms with Gasteiger partial charge in [0, 0.05) is 45.0 Å². The highest BCUT2D eigenvalue weighted by Gasteiger charge is 2.33. The minimum Gasteiger partial charge on any atom is -0.497 e. The Morgan fingerprint density at radius 3 is 2.56 bits per heavy atom. The van der Waals surface area contributed by atoms with Gasteiger partial charge in [-0.2, -0.15) is 0 Å². The summed E-state index contributed by atoms with van der Waals surface area (Å²) in [6.07, 6.45) is 11.5. The Hall–Kier alpha value is -2.89. The fourth-order valence-corrected chi connectivity index (χ4v) is 5.63. The van der Waals surface area contributed by atoms with E-state index >= 15 is 0 Å². The highest BCUT2D eigenvalue weighted by Crippen LogP contribution is 2.31. The standard InChI is InChI=1S/C28H37N3O3/c1-30(28(33)24-10-6-14-29-20-24)26(18-22-9-5-11-25(17-22)34-2)23-12-15-31(16-13-23)27(32)19-21-7-3-4-8-21/h5-6,9-11,14,17,20-21,23,26H,3-4,7-8,12-13,15-16,18-19H2,1-2H3/t26-/m0/s1. The van der Waals surface area contributed by atoms with Gasteiger partial charge in [-0.1, -0.05) is 25.0 Å². The highest BCUT2D eigenvalue weighted by molar-refractivity contribution is 5.94. The third-order valence-corrected chi connectivity index (χ3v) is 7.68. The molecule has 2 amide bonds. The average molecular weight is 464 g/mol. The number of benzene rings is 1. The maximum Gasteiger partial charge on any atom is 0.255 e. The van der Waals surface area contributed by atoms with Crippen LogP contribution in [0.3, 0.4) is 0 Å². The maximum atomic E-state index is 13.3. The Labute approximate surface area is 203 Å². The lowest BCUT2D eigenvalue weighted by atomic mass is 9.84. The van der Waals surface area contributed by atoms with E-state index in [-0.39, 0.29) is 11.9 Å². The first kappa shape index (κ1) is 24.2. The van der Waals surface area contributed by atoms with Gasteiger partial charge >= 0.3 is 0 Å². The van der Waals surface area contributed by atoms with E-state index in [0.29, 0.717) is 29.7 Å². The van der Waals surface area contributed by atoms with Crippen molar-refractivity contribution in [2.24, 2.45) is 11.8 Å². The molecular formula is C28H37N3O3. The van der Waals surface area contributed by atoms with Gasteiger partial charge < -0.3 is 14.5 Å². The predicted molar refractivity (Wildman–Crippen MR) is 133 cm³/mol. The lowest BCUT2D eigenvalue weighted by Crippen LogP contribution is -2.48. The first-order valence-corrected chi connectivity index (χ1v) is 12.6. The summed E-state index contributed by atoms with van der Waals surface area (Å²) in [6.45, 7) is 1.56. The Bertz CT molecular complexity index is 950. The van der Waals surface area contributed by atoms with Crippen LogP contribution in [0.15, 0.2) is 48.8 Å². The van der Waals surface area contributed by atoms with Gasteiger partial charge in [-0.25, -0.2) is 0 Å².